The molecule has 1 unspecified atom stereocenters. The molecular weight excluding hydrogens is 540 g/mol. The number of alkyl halides is 3. The molecule has 218 valence electrons. The van der Waals surface area contributed by atoms with Gasteiger partial charge in [0.05, 0.1) is 23.0 Å². The van der Waals surface area contributed by atoms with E-state index in [0.29, 0.717) is 30.9 Å². The lowest BCUT2D eigenvalue weighted by Gasteiger charge is -2.29. The van der Waals surface area contributed by atoms with Gasteiger partial charge in [-0.1, -0.05) is 25.1 Å². The molecule has 2 aromatic carbocycles. The number of β-amino-alcohol motifs (C(OH)–C–C–N with tert-alkyl or cyclic N) is 1. The van der Waals surface area contributed by atoms with Gasteiger partial charge in [-0.2, -0.15) is 17.5 Å². The summed E-state index contributed by atoms with van der Waals surface area (Å²) in [5.41, 5.74) is -1.13. The van der Waals surface area contributed by atoms with Crippen LogP contribution in [-0.4, -0.2) is 60.7 Å². The average Bonchev–Trinajstić information content (AvgIpc) is 2.82. The third-order valence-electron chi connectivity index (χ3n) is 6.50. The lowest BCUT2D eigenvalue weighted by Crippen LogP contribution is -2.46. The van der Waals surface area contributed by atoms with Gasteiger partial charge in [-0.15, -0.1) is 0 Å². The van der Waals surface area contributed by atoms with Crippen LogP contribution in [0.3, 0.4) is 0 Å². The molecule has 0 aliphatic heterocycles. The molecule has 7 nitrogen and oxygen atoms in total. The van der Waals surface area contributed by atoms with E-state index in [1.807, 2.05) is 13.8 Å². The maximum absolute atomic E-state index is 13.8. The number of halogens is 4. The van der Waals surface area contributed by atoms with Crippen LogP contribution in [0.4, 0.5) is 17.6 Å². The Morgan fingerprint density at radius 3 is 2.36 bits per heavy atom. The Hall–Kier alpha value is -2.54. The van der Waals surface area contributed by atoms with E-state index in [4.69, 9.17) is 5.11 Å². The van der Waals surface area contributed by atoms with Gasteiger partial charge in [0.15, 0.2) is 0 Å². The molecule has 0 amide bonds. The Balaban J connectivity index is 2.06. The van der Waals surface area contributed by atoms with Crippen molar-refractivity contribution in [3.05, 3.63) is 65.0 Å². The van der Waals surface area contributed by atoms with Crippen LogP contribution < -0.4 is 5.32 Å². The average molecular weight is 577 g/mol. The zero-order valence-corrected chi connectivity index (χ0v) is 23.2. The maximum Gasteiger partial charge on any atom is 0.416 e. The zero-order chi connectivity index (χ0) is 29.6. The summed E-state index contributed by atoms with van der Waals surface area (Å²) in [7, 11) is -3.29. The summed E-state index contributed by atoms with van der Waals surface area (Å²) in [6.07, 6.45) is -4.65. The minimum Gasteiger partial charge on any atom is -0.481 e. The largest absolute Gasteiger partial charge is 0.481 e. The van der Waals surface area contributed by atoms with Crippen molar-refractivity contribution in [1.29, 1.82) is 0 Å². The first-order valence-corrected chi connectivity index (χ1v) is 13.9. The van der Waals surface area contributed by atoms with E-state index in [-0.39, 0.29) is 17.9 Å². The molecule has 0 fully saturated rings. The number of sulfonamides is 1. The summed E-state index contributed by atoms with van der Waals surface area (Å²) in [5, 5.41) is 22.7. The van der Waals surface area contributed by atoms with Crippen LogP contribution in [0.15, 0.2) is 47.4 Å². The van der Waals surface area contributed by atoms with Gasteiger partial charge in [-0.3, -0.25) is 4.79 Å². The number of carboxylic acids is 1. The van der Waals surface area contributed by atoms with E-state index in [1.54, 1.807) is 18.2 Å². The second kappa shape index (κ2) is 13.2. The Kier molecular flexibility index (Phi) is 11.1. The first-order valence-electron chi connectivity index (χ1n) is 12.5. The molecule has 0 saturated carbocycles. The third-order valence-corrected chi connectivity index (χ3v) is 8.31. The summed E-state index contributed by atoms with van der Waals surface area (Å²) in [5.74, 6) is -2.36. The Bertz CT molecular complexity index is 1230. The Labute approximate surface area is 226 Å². The minimum atomic E-state index is -4.84. The first kappa shape index (κ1) is 32.7. The summed E-state index contributed by atoms with van der Waals surface area (Å²) in [4.78, 5) is 10.4. The Morgan fingerprint density at radius 2 is 1.77 bits per heavy atom. The number of hydrogen-bond acceptors (Lipinski definition) is 5. The number of aliphatic hydroxyl groups is 1. The lowest BCUT2D eigenvalue weighted by atomic mass is 9.95. The molecule has 2 rings (SSSR count). The van der Waals surface area contributed by atoms with E-state index in [1.165, 1.54) is 13.0 Å². The van der Waals surface area contributed by atoms with Gasteiger partial charge in [-0.05, 0) is 74.4 Å². The highest BCUT2D eigenvalue weighted by molar-refractivity contribution is 7.89. The van der Waals surface area contributed by atoms with Crippen molar-refractivity contribution in [2.45, 2.75) is 75.1 Å². The van der Waals surface area contributed by atoms with Crippen LogP contribution in [0.1, 0.15) is 62.6 Å². The predicted molar refractivity (Wildman–Crippen MR) is 139 cm³/mol. The van der Waals surface area contributed by atoms with Crippen molar-refractivity contribution in [3.8, 4) is 0 Å². The van der Waals surface area contributed by atoms with Crippen LogP contribution >= 0.6 is 0 Å². The Morgan fingerprint density at radius 1 is 1.13 bits per heavy atom. The fraction of sp³-hybridized carbons (Fsp3) is 0.519. The highest BCUT2D eigenvalue weighted by atomic mass is 32.2. The number of nitrogens with one attached hydrogen (secondary N) is 1. The van der Waals surface area contributed by atoms with Gasteiger partial charge in [0.2, 0.25) is 10.0 Å². The van der Waals surface area contributed by atoms with E-state index in [9.17, 15) is 35.9 Å². The molecule has 2 atom stereocenters. The fourth-order valence-corrected chi connectivity index (χ4v) is 5.43. The van der Waals surface area contributed by atoms with Gasteiger partial charge in [0.1, 0.15) is 5.82 Å². The number of carbonyl (C=O) groups is 1. The standard InChI is InChI=1S/C27H36F4N2O5S/c1-18(12-25(35)36)20-13-21(27(29,30)31)15-23(14-20)39(37,38)33(4)17-22(34)16-32-26(2,3)11-7-9-19-8-5-6-10-24(19)28/h5-6,8,10,13-15,18,22,32,34H,7,9,11-12,16-17H2,1-4H3,(H,35,36)/t18-,22?/m1/s1. The molecule has 0 bridgehead atoms. The molecule has 0 aromatic heterocycles. The van der Waals surface area contributed by atoms with Gasteiger partial charge >= 0.3 is 12.1 Å². The number of aliphatic hydroxyl groups excluding tert-OH is 1. The number of aryl methyl sites for hydroxylation is 1. The first-order chi connectivity index (χ1) is 17.9. The quantitative estimate of drug-likeness (QED) is 0.279. The second-order valence-electron chi connectivity index (χ2n) is 10.4. The second-order valence-corrected chi connectivity index (χ2v) is 12.5. The number of aliphatic carboxylic acids is 1. The zero-order valence-electron chi connectivity index (χ0n) is 22.4. The SMILES string of the molecule is C[C@H](CC(=O)O)c1cc(C(F)(F)F)cc(S(=O)(=O)N(C)CC(O)CNC(C)(C)CCCc2ccccc2F)c1. The number of hydrogen-bond donors (Lipinski definition) is 3. The molecule has 2 aromatic rings. The number of carboxylic acid groups (broad SMARTS) is 1. The van der Waals surface area contributed by atoms with Crippen molar-refractivity contribution in [2.75, 3.05) is 20.1 Å². The van der Waals surface area contributed by atoms with Gasteiger partial charge < -0.3 is 15.5 Å². The van der Waals surface area contributed by atoms with E-state index >= 15 is 0 Å². The molecule has 39 heavy (non-hydrogen) atoms. The van der Waals surface area contributed by atoms with Crippen molar-refractivity contribution in [2.24, 2.45) is 0 Å². The fourth-order valence-electron chi connectivity index (χ4n) is 4.14. The van der Waals surface area contributed by atoms with Gasteiger partial charge in [0, 0.05) is 25.7 Å². The molecule has 0 aliphatic carbocycles. The summed E-state index contributed by atoms with van der Waals surface area (Å²) in [6.45, 7) is 4.80. The monoisotopic (exact) mass is 576 g/mol. The van der Waals surface area contributed by atoms with Crippen LogP contribution in [-0.2, 0) is 27.4 Å². The summed E-state index contributed by atoms with van der Waals surface area (Å²) >= 11 is 0. The third kappa shape index (κ3) is 9.86. The van der Waals surface area contributed by atoms with Crippen molar-refractivity contribution in [3.63, 3.8) is 0 Å². The van der Waals surface area contributed by atoms with Gasteiger partial charge in [0.25, 0.3) is 0 Å². The molecule has 0 radical (unpaired) electrons. The number of nitrogens with zero attached hydrogens (tertiary/aromatic N) is 1. The molecule has 0 aliphatic rings. The van der Waals surface area contributed by atoms with E-state index < -0.39 is 63.2 Å². The van der Waals surface area contributed by atoms with Crippen LogP contribution in [0.5, 0.6) is 0 Å². The smallest absolute Gasteiger partial charge is 0.416 e. The lowest BCUT2D eigenvalue weighted by molar-refractivity contribution is -0.138. The minimum absolute atomic E-state index is 0.00996. The van der Waals surface area contributed by atoms with Crippen molar-refractivity contribution in [1.82, 2.24) is 9.62 Å². The highest BCUT2D eigenvalue weighted by Crippen LogP contribution is 2.34. The topological polar surface area (TPSA) is 107 Å². The predicted octanol–water partition coefficient (Wildman–Crippen LogP) is 4.80. The van der Waals surface area contributed by atoms with Gasteiger partial charge in [-0.25, -0.2) is 12.8 Å². The van der Waals surface area contributed by atoms with Crippen LogP contribution in [0.25, 0.3) is 0 Å². The van der Waals surface area contributed by atoms with Crippen molar-refractivity contribution >= 4 is 16.0 Å². The number of rotatable bonds is 14. The normalized spacial score (nSPS) is 14.4. The van der Waals surface area contributed by atoms with Crippen molar-refractivity contribution < 1.29 is 41.0 Å². The molecule has 0 spiro atoms. The molecule has 3 N–H and O–H groups in total. The highest BCUT2D eigenvalue weighted by Gasteiger charge is 2.34. The van der Waals surface area contributed by atoms with Crippen LogP contribution in [0, 0.1) is 5.82 Å². The summed E-state index contributed by atoms with van der Waals surface area (Å²) < 4.78 is 81.3. The van der Waals surface area contributed by atoms with E-state index in [2.05, 4.69) is 5.32 Å². The van der Waals surface area contributed by atoms with E-state index in [0.717, 1.165) is 23.5 Å². The number of benzene rings is 2. The molecule has 12 heteroatoms. The maximum atomic E-state index is 13.8. The molecular formula is C27H36F4N2O5S. The molecule has 0 heterocycles. The van der Waals surface area contributed by atoms with Crippen LogP contribution in [0.2, 0.25) is 0 Å². The number of likely N-dealkylation sites (N-methyl/N-ethyl adjacent to an activating group) is 1. The molecule has 0 saturated heterocycles. The summed E-state index contributed by atoms with van der Waals surface area (Å²) in [6, 6.07) is 8.80.